The number of aliphatic hydroxyl groups is 1. The third-order valence-electron chi connectivity index (χ3n) is 3.71. The second-order valence-electron chi connectivity index (χ2n) is 5.10. The minimum atomic E-state index is -0.427. The molecule has 0 aliphatic carbocycles. The molecular formula is C15H23NO2. The molecule has 1 aliphatic heterocycles. The van der Waals surface area contributed by atoms with E-state index in [1.54, 1.807) is 0 Å². The highest BCUT2D eigenvalue weighted by Crippen LogP contribution is 2.22. The van der Waals surface area contributed by atoms with Crippen molar-refractivity contribution in [2.45, 2.75) is 32.4 Å². The summed E-state index contributed by atoms with van der Waals surface area (Å²) >= 11 is 0. The Balaban J connectivity index is 2.02. The molecule has 2 rings (SSSR count). The van der Waals surface area contributed by atoms with Gasteiger partial charge in [-0.1, -0.05) is 29.8 Å². The fraction of sp³-hybridized carbons (Fsp3) is 0.600. The molecule has 1 aromatic carbocycles. The normalized spacial score (nSPS) is 21.3. The molecule has 1 heterocycles. The van der Waals surface area contributed by atoms with Crippen molar-refractivity contribution >= 4 is 0 Å². The Hall–Kier alpha value is -0.900. The Morgan fingerprint density at radius 1 is 1.17 bits per heavy atom. The monoisotopic (exact) mass is 249 g/mol. The average Bonchev–Trinajstić information content (AvgIpc) is 2.67. The molecule has 2 atom stereocenters. The van der Waals surface area contributed by atoms with Gasteiger partial charge < -0.3 is 9.84 Å². The van der Waals surface area contributed by atoms with E-state index in [4.69, 9.17) is 4.74 Å². The third kappa shape index (κ3) is 3.31. The van der Waals surface area contributed by atoms with E-state index in [1.807, 2.05) is 12.1 Å². The van der Waals surface area contributed by atoms with Crippen molar-refractivity contribution in [2.24, 2.45) is 0 Å². The van der Waals surface area contributed by atoms with E-state index in [0.717, 1.165) is 38.3 Å². The van der Waals surface area contributed by atoms with Gasteiger partial charge in [-0.3, -0.25) is 4.90 Å². The van der Waals surface area contributed by atoms with Crippen molar-refractivity contribution in [1.29, 1.82) is 0 Å². The quantitative estimate of drug-likeness (QED) is 0.891. The molecule has 0 amide bonds. The molecule has 0 radical (unpaired) electrons. The average molecular weight is 249 g/mol. The van der Waals surface area contributed by atoms with E-state index in [-0.39, 0.29) is 6.04 Å². The molecule has 0 spiro atoms. The summed E-state index contributed by atoms with van der Waals surface area (Å²) in [5.74, 6) is 0. The number of aryl methyl sites for hydroxylation is 1. The van der Waals surface area contributed by atoms with Gasteiger partial charge in [0.25, 0.3) is 0 Å². The summed E-state index contributed by atoms with van der Waals surface area (Å²) in [6.07, 6.45) is 0.619. The summed E-state index contributed by atoms with van der Waals surface area (Å²) in [5, 5.41) is 10.4. The predicted octanol–water partition coefficient (Wildman–Crippen LogP) is 2.14. The Morgan fingerprint density at radius 2 is 1.89 bits per heavy atom. The topological polar surface area (TPSA) is 32.7 Å². The van der Waals surface area contributed by atoms with Crippen molar-refractivity contribution in [3.8, 4) is 0 Å². The zero-order chi connectivity index (χ0) is 13.0. The highest BCUT2D eigenvalue weighted by molar-refractivity contribution is 5.24. The van der Waals surface area contributed by atoms with Gasteiger partial charge in [-0.15, -0.1) is 0 Å². The number of hydrogen-bond acceptors (Lipinski definition) is 3. The van der Waals surface area contributed by atoms with Gasteiger partial charge >= 0.3 is 0 Å². The van der Waals surface area contributed by atoms with Crippen molar-refractivity contribution in [3.05, 3.63) is 35.4 Å². The van der Waals surface area contributed by atoms with E-state index in [9.17, 15) is 5.11 Å². The van der Waals surface area contributed by atoms with Gasteiger partial charge in [0.1, 0.15) is 0 Å². The van der Waals surface area contributed by atoms with Gasteiger partial charge in [-0.05, 0) is 25.8 Å². The maximum absolute atomic E-state index is 10.4. The Bertz CT molecular complexity index is 355. The van der Waals surface area contributed by atoms with Gasteiger partial charge in [0.15, 0.2) is 0 Å². The molecule has 18 heavy (non-hydrogen) atoms. The van der Waals surface area contributed by atoms with E-state index >= 15 is 0 Å². The van der Waals surface area contributed by atoms with Gasteiger partial charge in [0, 0.05) is 25.7 Å². The molecular weight excluding hydrogens is 226 g/mol. The molecule has 1 fully saturated rings. The maximum Gasteiger partial charge on any atom is 0.0942 e. The van der Waals surface area contributed by atoms with Crippen LogP contribution in [0, 0.1) is 6.92 Å². The highest BCUT2D eigenvalue weighted by atomic mass is 16.5. The lowest BCUT2D eigenvalue weighted by atomic mass is 10.0. The van der Waals surface area contributed by atoms with Crippen LogP contribution in [0.15, 0.2) is 24.3 Å². The van der Waals surface area contributed by atoms with Crippen LogP contribution in [0.3, 0.4) is 0 Å². The van der Waals surface area contributed by atoms with E-state index in [2.05, 4.69) is 30.9 Å². The van der Waals surface area contributed by atoms with Crippen LogP contribution >= 0.6 is 0 Å². The molecule has 1 aliphatic rings. The van der Waals surface area contributed by atoms with E-state index in [0.29, 0.717) is 0 Å². The minimum absolute atomic E-state index is 0.134. The maximum atomic E-state index is 10.4. The second-order valence-corrected chi connectivity index (χ2v) is 5.10. The third-order valence-corrected chi connectivity index (χ3v) is 3.71. The van der Waals surface area contributed by atoms with Crippen LogP contribution in [-0.2, 0) is 4.74 Å². The van der Waals surface area contributed by atoms with Gasteiger partial charge in [-0.2, -0.15) is 0 Å². The van der Waals surface area contributed by atoms with E-state index in [1.165, 1.54) is 5.56 Å². The fourth-order valence-electron chi connectivity index (χ4n) is 2.41. The number of hydrogen-bond donors (Lipinski definition) is 1. The number of nitrogens with zero attached hydrogens (tertiary/aromatic N) is 1. The Morgan fingerprint density at radius 3 is 2.61 bits per heavy atom. The predicted molar refractivity (Wildman–Crippen MR) is 72.6 cm³/mol. The summed E-state index contributed by atoms with van der Waals surface area (Å²) in [4.78, 5) is 2.32. The number of rotatable bonds is 3. The van der Waals surface area contributed by atoms with Crippen LogP contribution in [0.4, 0.5) is 0 Å². The standard InChI is InChI=1S/C15H23NO2/c1-12-4-6-14(7-5-12)15(17)13(2)16-8-3-10-18-11-9-16/h4-7,13,15,17H,3,8-11H2,1-2H3. The van der Waals surface area contributed by atoms with Crippen molar-refractivity contribution in [1.82, 2.24) is 4.90 Å². The van der Waals surface area contributed by atoms with Crippen LogP contribution in [0.1, 0.15) is 30.6 Å². The van der Waals surface area contributed by atoms with Crippen LogP contribution in [0.5, 0.6) is 0 Å². The van der Waals surface area contributed by atoms with Crippen molar-refractivity contribution < 1.29 is 9.84 Å². The van der Waals surface area contributed by atoms with Crippen LogP contribution in [0.2, 0.25) is 0 Å². The summed E-state index contributed by atoms with van der Waals surface area (Å²) < 4.78 is 5.45. The van der Waals surface area contributed by atoms with Crippen LogP contribution < -0.4 is 0 Å². The van der Waals surface area contributed by atoms with Gasteiger partial charge in [0.2, 0.25) is 0 Å². The summed E-state index contributed by atoms with van der Waals surface area (Å²) in [5.41, 5.74) is 2.22. The first-order chi connectivity index (χ1) is 8.68. The second kappa shape index (κ2) is 6.32. The van der Waals surface area contributed by atoms with Crippen molar-refractivity contribution in [3.63, 3.8) is 0 Å². The lowest BCUT2D eigenvalue weighted by molar-refractivity contribution is 0.0545. The zero-order valence-electron chi connectivity index (χ0n) is 11.3. The molecule has 1 aromatic rings. The Kier molecular flexibility index (Phi) is 4.75. The molecule has 2 unspecified atom stereocenters. The number of benzene rings is 1. The first-order valence-corrected chi connectivity index (χ1v) is 6.75. The molecule has 0 saturated carbocycles. The molecule has 3 nitrogen and oxygen atoms in total. The minimum Gasteiger partial charge on any atom is -0.387 e. The Labute approximate surface area is 109 Å². The lowest BCUT2D eigenvalue weighted by Crippen LogP contribution is -2.39. The van der Waals surface area contributed by atoms with Crippen LogP contribution in [-0.4, -0.2) is 42.4 Å². The lowest BCUT2D eigenvalue weighted by Gasteiger charge is -2.31. The molecule has 3 heteroatoms. The SMILES string of the molecule is Cc1ccc(C(O)C(C)N2CCCOCC2)cc1. The highest BCUT2D eigenvalue weighted by Gasteiger charge is 2.23. The summed E-state index contributed by atoms with van der Waals surface area (Å²) in [7, 11) is 0. The zero-order valence-corrected chi connectivity index (χ0v) is 11.3. The fourth-order valence-corrected chi connectivity index (χ4v) is 2.41. The van der Waals surface area contributed by atoms with E-state index < -0.39 is 6.10 Å². The first kappa shape index (κ1) is 13.5. The molecule has 100 valence electrons. The summed E-state index contributed by atoms with van der Waals surface area (Å²) in [6.45, 7) is 7.67. The summed E-state index contributed by atoms with van der Waals surface area (Å²) in [6, 6.07) is 8.28. The molecule has 0 bridgehead atoms. The van der Waals surface area contributed by atoms with Crippen molar-refractivity contribution in [2.75, 3.05) is 26.3 Å². The molecule has 1 N–H and O–H groups in total. The molecule has 1 saturated heterocycles. The molecule has 0 aromatic heterocycles. The number of ether oxygens (including phenoxy) is 1. The number of aliphatic hydroxyl groups excluding tert-OH is 1. The smallest absolute Gasteiger partial charge is 0.0942 e. The largest absolute Gasteiger partial charge is 0.387 e. The van der Waals surface area contributed by atoms with Gasteiger partial charge in [-0.25, -0.2) is 0 Å². The van der Waals surface area contributed by atoms with Crippen LogP contribution in [0.25, 0.3) is 0 Å². The first-order valence-electron chi connectivity index (χ1n) is 6.75. The van der Waals surface area contributed by atoms with Gasteiger partial charge in [0.05, 0.1) is 12.7 Å².